The second kappa shape index (κ2) is 5.34. The Morgan fingerprint density at radius 2 is 1.87 bits per heavy atom. The molecular weight excluding hydrogens is 182 g/mol. The minimum absolute atomic E-state index is 0.893. The molecule has 2 unspecified atom stereocenters. The normalized spacial score (nSPS) is 40.4. The summed E-state index contributed by atoms with van der Waals surface area (Å²) in [6.07, 6.45) is 10.1. The van der Waals surface area contributed by atoms with Crippen LogP contribution in [0.1, 0.15) is 58.8 Å². The van der Waals surface area contributed by atoms with Gasteiger partial charge in [0, 0.05) is 6.04 Å². The zero-order valence-electron chi connectivity index (χ0n) is 10.5. The van der Waals surface area contributed by atoms with E-state index in [9.17, 15) is 0 Å². The summed E-state index contributed by atoms with van der Waals surface area (Å²) in [6.45, 7) is 6.01. The summed E-state index contributed by atoms with van der Waals surface area (Å²) >= 11 is 0. The summed E-state index contributed by atoms with van der Waals surface area (Å²) in [5.74, 6) is 3.01. The van der Waals surface area contributed by atoms with Crippen molar-refractivity contribution in [3.63, 3.8) is 0 Å². The summed E-state index contributed by atoms with van der Waals surface area (Å²) in [7, 11) is 0. The summed E-state index contributed by atoms with van der Waals surface area (Å²) in [5, 5.41) is 3.78. The summed E-state index contributed by atoms with van der Waals surface area (Å²) in [4.78, 5) is 0. The van der Waals surface area contributed by atoms with Crippen LogP contribution < -0.4 is 5.32 Å². The van der Waals surface area contributed by atoms with Gasteiger partial charge in [-0.1, -0.05) is 33.1 Å². The molecule has 0 heterocycles. The van der Waals surface area contributed by atoms with E-state index in [1.807, 2.05) is 0 Å². The topological polar surface area (TPSA) is 12.0 Å². The number of hydrogen-bond acceptors (Lipinski definition) is 1. The van der Waals surface area contributed by atoms with Gasteiger partial charge in [-0.15, -0.1) is 0 Å². The first-order valence-electron chi connectivity index (χ1n) is 7.03. The highest BCUT2D eigenvalue weighted by atomic mass is 15.0. The first-order chi connectivity index (χ1) is 7.29. The van der Waals surface area contributed by atoms with Crippen LogP contribution >= 0.6 is 0 Å². The second-order valence-electron chi connectivity index (χ2n) is 5.93. The first-order valence-corrected chi connectivity index (χ1v) is 7.03. The monoisotopic (exact) mass is 209 g/mol. The predicted molar refractivity (Wildman–Crippen MR) is 65.9 cm³/mol. The molecular formula is C14H27N. The molecule has 1 heteroatoms. The Morgan fingerprint density at radius 1 is 1.13 bits per heavy atom. The summed E-state index contributed by atoms with van der Waals surface area (Å²) < 4.78 is 0. The Bertz CT molecular complexity index is 182. The fourth-order valence-corrected chi connectivity index (χ4v) is 3.04. The molecule has 0 aromatic heterocycles. The van der Waals surface area contributed by atoms with Crippen molar-refractivity contribution < 1.29 is 0 Å². The maximum absolute atomic E-state index is 3.78. The molecule has 2 fully saturated rings. The van der Waals surface area contributed by atoms with Crippen molar-refractivity contribution in [3.05, 3.63) is 0 Å². The van der Waals surface area contributed by atoms with Gasteiger partial charge in [0.2, 0.25) is 0 Å². The average Bonchev–Trinajstić information content (AvgIpc) is 2.97. The Morgan fingerprint density at radius 3 is 2.53 bits per heavy atom. The van der Waals surface area contributed by atoms with Crippen LogP contribution in [-0.2, 0) is 0 Å². The van der Waals surface area contributed by atoms with E-state index >= 15 is 0 Å². The molecule has 1 N–H and O–H groups in total. The second-order valence-corrected chi connectivity index (χ2v) is 5.93. The quantitative estimate of drug-likeness (QED) is 0.729. The lowest BCUT2D eigenvalue weighted by atomic mass is 9.83. The van der Waals surface area contributed by atoms with Gasteiger partial charge in [0.05, 0.1) is 0 Å². The largest absolute Gasteiger partial charge is 0.313 e. The van der Waals surface area contributed by atoms with Gasteiger partial charge in [-0.3, -0.25) is 0 Å². The van der Waals surface area contributed by atoms with Crippen molar-refractivity contribution in [3.8, 4) is 0 Å². The van der Waals surface area contributed by atoms with E-state index in [0.29, 0.717) is 0 Å². The molecule has 0 bridgehead atoms. The van der Waals surface area contributed by atoms with E-state index in [-0.39, 0.29) is 0 Å². The average molecular weight is 209 g/mol. The van der Waals surface area contributed by atoms with Gasteiger partial charge in [-0.25, -0.2) is 0 Å². The van der Waals surface area contributed by atoms with Gasteiger partial charge in [0.1, 0.15) is 0 Å². The molecule has 0 aromatic carbocycles. The third-order valence-electron chi connectivity index (χ3n) is 4.39. The standard InChI is InChI=1S/C14H27N/c1-3-4-13-9-14(13)15-10-12-7-5-11(2)6-8-12/h11-15H,3-10H2,1-2H3. The van der Waals surface area contributed by atoms with Crippen molar-refractivity contribution in [1.82, 2.24) is 5.32 Å². The molecule has 2 atom stereocenters. The van der Waals surface area contributed by atoms with Crippen molar-refractivity contribution in [2.75, 3.05) is 6.54 Å². The van der Waals surface area contributed by atoms with Gasteiger partial charge in [-0.05, 0) is 50.0 Å². The lowest BCUT2D eigenvalue weighted by Crippen LogP contribution is -2.28. The van der Waals surface area contributed by atoms with Crippen LogP contribution in [0.15, 0.2) is 0 Å². The maximum atomic E-state index is 3.78. The minimum Gasteiger partial charge on any atom is -0.313 e. The molecule has 2 aliphatic rings. The van der Waals surface area contributed by atoms with E-state index in [0.717, 1.165) is 23.8 Å². The van der Waals surface area contributed by atoms with Gasteiger partial charge in [0.15, 0.2) is 0 Å². The van der Waals surface area contributed by atoms with Crippen molar-refractivity contribution >= 4 is 0 Å². The first kappa shape index (κ1) is 11.4. The minimum atomic E-state index is 0.893. The van der Waals surface area contributed by atoms with Crippen LogP contribution in [0.4, 0.5) is 0 Å². The Hall–Kier alpha value is -0.0400. The number of rotatable bonds is 5. The molecule has 0 aromatic rings. The van der Waals surface area contributed by atoms with Crippen molar-refractivity contribution in [1.29, 1.82) is 0 Å². The van der Waals surface area contributed by atoms with E-state index < -0.39 is 0 Å². The van der Waals surface area contributed by atoms with Crippen molar-refractivity contribution in [2.24, 2.45) is 17.8 Å². The van der Waals surface area contributed by atoms with Gasteiger partial charge in [-0.2, -0.15) is 0 Å². The van der Waals surface area contributed by atoms with Crippen molar-refractivity contribution in [2.45, 2.75) is 64.8 Å². The lowest BCUT2D eigenvalue weighted by molar-refractivity contribution is 0.280. The molecule has 2 aliphatic carbocycles. The van der Waals surface area contributed by atoms with Gasteiger partial charge in [0.25, 0.3) is 0 Å². The smallest absolute Gasteiger partial charge is 0.00992 e. The van der Waals surface area contributed by atoms with E-state index in [2.05, 4.69) is 19.2 Å². The molecule has 2 rings (SSSR count). The Labute approximate surface area is 95.0 Å². The predicted octanol–water partition coefficient (Wildman–Crippen LogP) is 3.59. The highest BCUT2D eigenvalue weighted by molar-refractivity contribution is 4.93. The van der Waals surface area contributed by atoms with E-state index in [1.165, 1.54) is 51.5 Å². The molecule has 1 nitrogen and oxygen atoms in total. The summed E-state index contributed by atoms with van der Waals surface area (Å²) in [6, 6.07) is 0.893. The van der Waals surface area contributed by atoms with Gasteiger partial charge < -0.3 is 5.32 Å². The third kappa shape index (κ3) is 3.48. The molecule has 0 spiro atoms. The fraction of sp³-hybridized carbons (Fsp3) is 1.00. The van der Waals surface area contributed by atoms with Crippen LogP contribution in [0.3, 0.4) is 0 Å². The molecule has 15 heavy (non-hydrogen) atoms. The van der Waals surface area contributed by atoms with Crippen LogP contribution in [0.2, 0.25) is 0 Å². The molecule has 0 saturated heterocycles. The Balaban J connectivity index is 1.55. The molecule has 2 saturated carbocycles. The molecule has 0 amide bonds. The maximum Gasteiger partial charge on any atom is 0.00992 e. The van der Waals surface area contributed by atoms with Crippen LogP contribution in [0.5, 0.6) is 0 Å². The third-order valence-corrected chi connectivity index (χ3v) is 4.39. The fourth-order valence-electron chi connectivity index (χ4n) is 3.04. The molecule has 0 radical (unpaired) electrons. The van der Waals surface area contributed by atoms with Crippen LogP contribution in [0, 0.1) is 17.8 Å². The molecule has 0 aliphatic heterocycles. The van der Waals surface area contributed by atoms with Gasteiger partial charge >= 0.3 is 0 Å². The molecule has 88 valence electrons. The lowest BCUT2D eigenvalue weighted by Gasteiger charge is -2.26. The van der Waals surface area contributed by atoms with E-state index in [1.54, 1.807) is 0 Å². The number of nitrogens with one attached hydrogen (secondary N) is 1. The van der Waals surface area contributed by atoms with Crippen LogP contribution in [0.25, 0.3) is 0 Å². The van der Waals surface area contributed by atoms with Crippen LogP contribution in [-0.4, -0.2) is 12.6 Å². The Kier molecular flexibility index (Phi) is 4.07. The zero-order valence-corrected chi connectivity index (χ0v) is 10.5. The van der Waals surface area contributed by atoms with E-state index in [4.69, 9.17) is 0 Å². The number of hydrogen-bond donors (Lipinski definition) is 1. The highest BCUT2D eigenvalue weighted by Crippen LogP contribution is 2.35. The SMILES string of the molecule is CCCC1CC1NCC1CCC(C)CC1. The zero-order chi connectivity index (χ0) is 10.7. The highest BCUT2D eigenvalue weighted by Gasteiger charge is 2.35. The summed E-state index contributed by atoms with van der Waals surface area (Å²) in [5.41, 5.74) is 0.